The fraction of sp³-hybridized carbons (Fsp3) is 0.625. The normalized spacial score (nSPS) is 19.1. The Morgan fingerprint density at radius 1 is 1.20 bits per heavy atom. The van der Waals surface area contributed by atoms with E-state index in [1.165, 1.54) is 44.9 Å². The summed E-state index contributed by atoms with van der Waals surface area (Å²) in [6.45, 7) is 2.10. The molecule has 0 heterocycles. The summed E-state index contributed by atoms with van der Waals surface area (Å²) in [4.78, 5) is 10.5. The predicted octanol–water partition coefficient (Wildman–Crippen LogP) is 4.36. The highest BCUT2D eigenvalue weighted by Gasteiger charge is 2.16. The zero-order valence-electron chi connectivity index (χ0n) is 12.2. The SMILES string of the molecule is CC(NC1CCCCCCC1)c1cccc([N+](=O)[O-])c1. The average Bonchev–Trinajstić information content (AvgIpc) is 2.41. The first-order valence-electron chi connectivity index (χ1n) is 7.67. The van der Waals surface area contributed by atoms with E-state index < -0.39 is 0 Å². The Morgan fingerprint density at radius 2 is 1.85 bits per heavy atom. The maximum atomic E-state index is 10.8. The molecule has 1 unspecified atom stereocenters. The van der Waals surface area contributed by atoms with Gasteiger partial charge in [0.2, 0.25) is 0 Å². The van der Waals surface area contributed by atoms with Crippen molar-refractivity contribution in [2.75, 3.05) is 0 Å². The van der Waals surface area contributed by atoms with Gasteiger partial charge in [-0.3, -0.25) is 10.1 Å². The number of benzene rings is 1. The fourth-order valence-corrected chi connectivity index (χ4v) is 2.98. The minimum atomic E-state index is -0.327. The lowest BCUT2D eigenvalue weighted by molar-refractivity contribution is -0.384. The molecule has 0 aromatic heterocycles. The average molecular weight is 276 g/mol. The molecule has 2 rings (SSSR count). The van der Waals surface area contributed by atoms with Crippen molar-refractivity contribution in [2.24, 2.45) is 0 Å². The van der Waals surface area contributed by atoms with Crippen molar-refractivity contribution >= 4 is 5.69 Å². The number of non-ortho nitro benzene ring substituents is 1. The van der Waals surface area contributed by atoms with Crippen molar-refractivity contribution < 1.29 is 4.92 Å². The molecule has 0 bridgehead atoms. The van der Waals surface area contributed by atoms with E-state index in [9.17, 15) is 10.1 Å². The van der Waals surface area contributed by atoms with Crippen molar-refractivity contribution in [3.05, 3.63) is 39.9 Å². The van der Waals surface area contributed by atoms with Crippen LogP contribution in [0.5, 0.6) is 0 Å². The lowest BCUT2D eigenvalue weighted by atomic mass is 9.95. The molecule has 0 spiro atoms. The van der Waals surface area contributed by atoms with Gasteiger partial charge in [-0.1, -0.05) is 44.2 Å². The highest BCUT2D eigenvalue weighted by Crippen LogP contribution is 2.23. The Balaban J connectivity index is 1.97. The van der Waals surface area contributed by atoms with Gasteiger partial charge in [-0.25, -0.2) is 0 Å². The molecule has 4 nitrogen and oxygen atoms in total. The first-order valence-corrected chi connectivity index (χ1v) is 7.67. The lowest BCUT2D eigenvalue weighted by Gasteiger charge is -2.25. The van der Waals surface area contributed by atoms with Crippen LogP contribution in [-0.4, -0.2) is 11.0 Å². The Bertz CT molecular complexity index is 440. The Labute approximate surface area is 120 Å². The quantitative estimate of drug-likeness (QED) is 0.656. The second-order valence-electron chi connectivity index (χ2n) is 5.78. The van der Waals surface area contributed by atoms with Gasteiger partial charge in [0.05, 0.1) is 4.92 Å². The van der Waals surface area contributed by atoms with Crippen molar-refractivity contribution in [1.29, 1.82) is 0 Å². The van der Waals surface area contributed by atoms with E-state index in [0.717, 1.165) is 5.56 Å². The van der Waals surface area contributed by atoms with Gasteiger partial charge in [-0.2, -0.15) is 0 Å². The standard InChI is InChI=1S/C16H24N2O2/c1-13(14-8-7-11-16(12-14)18(19)20)17-15-9-5-3-2-4-6-10-15/h7-8,11-13,15,17H,2-6,9-10H2,1H3. The van der Waals surface area contributed by atoms with Gasteiger partial charge in [0.1, 0.15) is 0 Å². The van der Waals surface area contributed by atoms with Gasteiger partial charge in [0.15, 0.2) is 0 Å². The second kappa shape index (κ2) is 7.39. The molecule has 110 valence electrons. The lowest BCUT2D eigenvalue weighted by Crippen LogP contribution is -2.32. The van der Waals surface area contributed by atoms with Crippen LogP contribution in [0.4, 0.5) is 5.69 Å². The summed E-state index contributed by atoms with van der Waals surface area (Å²) >= 11 is 0. The summed E-state index contributed by atoms with van der Waals surface area (Å²) in [6.07, 6.45) is 9.07. The summed E-state index contributed by atoms with van der Waals surface area (Å²) in [5.41, 5.74) is 1.18. The minimum absolute atomic E-state index is 0.166. The van der Waals surface area contributed by atoms with Gasteiger partial charge in [0, 0.05) is 24.2 Å². The van der Waals surface area contributed by atoms with Crippen molar-refractivity contribution in [2.45, 2.75) is 64.0 Å². The molecule has 4 heteroatoms. The molecule has 0 saturated heterocycles. The number of hydrogen-bond donors (Lipinski definition) is 1. The van der Waals surface area contributed by atoms with Gasteiger partial charge in [-0.15, -0.1) is 0 Å². The van der Waals surface area contributed by atoms with E-state index >= 15 is 0 Å². The molecule has 0 amide bonds. The van der Waals surface area contributed by atoms with Crippen LogP contribution in [0.15, 0.2) is 24.3 Å². The molecule has 0 aliphatic heterocycles. The maximum absolute atomic E-state index is 10.8. The van der Waals surface area contributed by atoms with Crippen molar-refractivity contribution in [3.63, 3.8) is 0 Å². The smallest absolute Gasteiger partial charge is 0.269 e. The van der Waals surface area contributed by atoms with E-state index in [1.807, 2.05) is 6.07 Å². The van der Waals surface area contributed by atoms with Gasteiger partial charge >= 0.3 is 0 Å². The summed E-state index contributed by atoms with van der Waals surface area (Å²) < 4.78 is 0. The van der Waals surface area contributed by atoms with Crippen LogP contribution in [0.2, 0.25) is 0 Å². The van der Waals surface area contributed by atoms with Crippen LogP contribution >= 0.6 is 0 Å². The first kappa shape index (κ1) is 15.0. The third kappa shape index (κ3) is 4.30. The van der Waals surface area contributed by atoms with Crippen LogP contribution in [0, 0.1) is 10.1 Å². The summed E-state index contributed by atoms with van der Waals surface area (Å²) in [5, 5.41) is 14.5. The Morgan fingerprint density at radius 3 is 2.50 bits per heavy atom. The summed E-state index contributed by atoms with van der Waals surface area (Å²) in [6, 6.07) is 7.67. The first-order chi connectivity index (χ1) is 9.66. The van der Waals surface area contributed by atoms with Crippen LogP contribution < -0.4 is 5.32 Å². The molecule has 20 heavy (non-hydrogen) atoms. The topological polar surface area (TPSA) is 55.2 Å². The van der Waals surface area contributed by atoms with E-state index in [1.54, 1.807) is 18.2 Å². The second-order valence-corrected chi connectivity index (χ2v) is 5.78. The zero-order chi connectivity index (χ0) is 14.4. The number of rotatable bonds is 4. The molecule has 1 N–H and O–H groups in total. The summed E-state index contributed by atoms with van der Waals surface area (Å²) in [7, 11) is 0. The maximum Gasteiger partial charge on any atom is 0.269 e. The highest BCUT2D eigenvalue weighted by atomic mass is 16.6. The van der Waals surface area contributed by atoms with Crippen LogP contribution in [0.25, 0.3) is 0 Å². The van der Waals surface area contributed by atoms with Crippen LogP contribution in [-0.2, 0) is 0 Å². The third-order valence-corrected chi connectivity index (χ3v) is 4.17. The monoisotopic (exact) mass is 276 g/mol. The summed E-state index contributed by atoms with van der Waals surface area (Å²) in [5.74, 6) is 0. The number of hydrogen-bond acceptors (Lipinski definition) is 3. The van der Waals surface area contributed by atoms with Crippen LogP contribution in [0.1, 0.15) is 63.5 Å². The molecular weight excluding hydrogens is 252 g/mol. The Hall–Kier alpha value is -1.42. The number of nitro groups is 1. The Kier molecular flexibility index (Phi) is 5.53. The number of nitrogens with zero attached hydrogens (tertiary/aromatic N) is 1. The van der Waals surface area contributed by atoms with E-state index in [4.69, 9.17) is 0 Å². The minimum Gasteiger partial charge on any atom is -0.307 e. The van der Waals surface area contributed by atoms with E-state index in [2.05, 4.69) is 12.2 Å². The van der Waals surface area contributed by atoms with Gasteiger partial charge in [0.25, 0.3) is 5.69 Å². The number of nitrogens with one attached hydrogen (secondary N) is 1. The van der Waals surface area contributed by atoms with Crippen molar-refractivity contribution in [3.8, 4) is 0 Å². The van der Waals surface area contributed by atoms with E-state index in [-0.39, 0.29) is 16.7 Å². The molecule has 1 aromatic rings. The molecule has 1 aliphatic carbocycles. The molecule has 1 fully saturated rings. The zero-order valence-corrected chi connectivity index (χ0v) is 12.2. The number of nitro benzene ring substituents is 1. The molecule has 1 saturated carbocycles. The van der Waals surface area contributed by atoms with Gasteiger partial charge in [-0.05, 0) is 25.3 Å². The molecular formula is C16H24N2O2. The molecule has 1 atom stereocenters. The molecule has 1 aromatic carbocycles. The molecule has 1 aliphatic rings. The van der Waals surface area contributed by atoms with Crippen molar-refractivity contribution in [1.82, 2.24) is 5.32 Å². The largest absolute Gasteiger partial charge is 0.307 e. The predicted molar refractivity (Wildman–Crippen MR) is 80.8 cm³/mol. The van der Waals surface area contributed by atoms with Crippen LogP contribution in [0.3, 0.4) is 0 Å². The van der Waals surface area contributed by atoms with E-state index in [0.29, 0.717) is 6.04 Å². The van der Waals surface area contributed by atoms with Gasteiger partial charge < -0.3 is 5.32 Å². The molecule has 0 radical (unpaired) electrons. The fourth-order valence-electron chi connectivity index (χ4n) is 2.98. The third-order valence-electron chi connectivity index (χ3n) is 4.17. The highest BCUT2D eigenvalue weighted by molar-refractivity contribution is 5.35.